The molecule has 3 aromatic rings. The van der Waals surface area contributed by atoms with Gasteiger partial charge in [-0.3, -0.25) is 0 Å². The third kappa shape index (κ3) is 5.55. The zero-order chi connectivity index (χ0) is 23.5. The van der Waals surface area contributed by atoms with Gasteiger partial charge in [0.25, 0.3) is 0 Å². The number of fused-ring (bicyclic) bond motifs is 1. The zero-order valence-electron chi connectivity index (χ0n) is 19.6. The third-order valence-corrected chi connectivity index (χ3v) is 6.60. The van der Waals surface area contributed by atoms with E-state index in [4.69, 9.17) is 9.97 Å². The van der Waals surface area contributed by atoms with E-state index in [1.165, 1.54) is 0 Å². The summed E-state index contributed by atoms with van der Waals surface area (Å²) in [5.74, 6) is 1.57. The van der Waals surface area contributed by atoms with E-state index in [0.717, 1.165) is 63.7 Å². The smallest absolute Gasteiger partial charge is 0.319 e. The van der Waals surface area contributed by atoms with Crippen molar-refractivity contribution in [3.8, 4) is 0 Å². The van der Waals surface area contributed by atoms with E-state index in [0.29, 0.717) is 12.0 Å². The number of aromatic nitrogens is 2. The average molecular weight is 511 g/mol. The number of nitrogens with zero attached hydrogens (tertiary/aromatic N) is 3. The molecule has 174 valence electrons. The molecule has 4 rings (SSSR count). The molecule has 3 N–H and O–H groups in total. The van der Waals surface area contributed by atoms with Crippen LogP contribution in [0.4, 0.5) is 22.2 Å². The van der Waals surface area contributed by atoms with Crippen LogP contribution in [0.1, 0.15) is 36.8 Å². The molecule has 8 heteroatoms. The first-order valence-corrected chi connectivity index (χ1v) is 12.1. The summed E-state index contributed by atoms with van der Waals surface area (Å²) in [7, 11) is 4.00. The molecular weight excluding hydrogens is 480 g/mol. The molecule has 1 fully saturated rings. The van der Waals surface area contributed by atoms with Crippen LogP contribution in [0.5, 0.6) is 0 Å². The van der Waals surface area contributed by atoms with Gasteiger partial charge in [0.2, 0.25) is 5.95 Å². The molecule has 0 atom stereocenters. The monoisotopic (exact) mass is 510 g/mol. The van der Waals surface area contributed by atoms with Gasteiger partial charge in [-0.15, -0.1) is 0 Å². The minimum Gasteiger partial charge on any atom is -0.362 e. The second-order valence-electron chi connectivity index (χ2n) is 8.99. The van der Waals surface area contributed by atoms with Crippen molar-refractivity contribution in [1.29, 1.82) is 0 Å². The maximum Gasteiger partial charge on any atom is 0.319 e. The minimum absolute atomic E-state index is 0.145. The summed E-state index contributed by atoms with van der Waals surface area (Å²) in [6, 6.07) is 12.4. The quantitative estimate of drug-likeness (QED) is 0.414. The number of benzene rings is 2. The number of anilines is 3. The van der Waals surface area contributed by atoms with E-state index in [1.807, 2.05) is 69.2 Å². The molecule has 1 saturated carbocycles. The molecule has 1 aliphatic rings. The van der Waals surface area contributed by atoms with E-state index in [2.05, 4.69) is 31.9 Å². The summed E-state index contributed by atoms with van der Waals surface area (Å²) >= 11 is 3.50. The Morgan fingerprint density at radius 3 is 2.30 bits per heavy atom. The first-order valence-electron chi connectivity index (χ1n) is 11.3. The average Bonchev–Trinajstić information content (AvgIpc) is 2.77. The lowest BCUT2D eigenvalue weighted by Gasteiger charge is -2.30. The van der Waals surface area contributed by atoms with Crippen molar-refractivity contribution in [2.24, 2.45) is 0 Å². The number of hydrogen-bond donors (Lipinski definition) is 3. The van der Waals surface area contributed by atoms with Crippen LogP contribution < -0.4 is 20.9 Å². The maximum atomic E-state index is 12.6. The van der Waals surface area contributed by atoms with E-state index in [-0.39, 0.29) is 12.1 Å². The van der Waals surface area contributed by atoms with Gasteiger partial charge < -0.3 is 20.9 Å². The van der Waals surface area contributed by atoms with Crippen LogP contribution in [0.3, 0.4) is 0 Å². The number of nitrogens with one attached hydrogen (secondary N) is 3. The van der Waals surface area contributed by atoms with Crippen molar-refractivity contribution in [3.05, 3.63) is 52.0 Å². The van der Waals surface area contributed by atoms with E-state index in [9.17, 15) is 4.79 Å². The number of halogens is 1. The SMILES string of the molecule is Cc1cc(Br)cc(C)c1NC(=O)NC1CCC(Nc2nc(N(C)C)c3ccccc3n2)CC1. The fraction of sp³-hybridized carbons (Fsp3) is 0.400. The first kappa shape index (κ1) is 23.3. The lowest BCUT2D eigenvalue weighted by molar-refractivity contribution is 0.243. The van der Waals surface area contributed by atoms with E-state index < -0.39 is 0 Å². The summed E-state index contributed by atoms with van der Waals surface area (Å²) in [5.41, 5.74) is 3.88. The Hall–Kier alpha value is -2.87. The number of carbonyl (C=O) groups excluding carboxylic acids is 1. The summed E-state index contributed by atoms with van der Waals surface area (Å²) in [5, 5.41) is 10.7. The number of aryl methyl sites for hydroxylation is 2. The Bertz CT molecular complexity index is 1130. The Labute approximate surface area is 203 Å². The van der Waals surface area contributed by atoms with Crippen molar-refractivity contribution in [1.82, 2.24) is 15.3 Å². The molecule has 0 bridgehead atoms. The molecule has 1 heterocycles. The van der Waals surface area contributed by atoms with Gasteiger partial charge in [0, 0.05) is 41.7 Å². The Kier molecular flexibility index (Phi) is 7.02. The molecule has 7 nitrogen and oxygen atoms in total. The molecule has 0 aliphatic heterocycles. The molecule has 0 radical (unpaired) electrons. The van der Waals surface area contributed by atoms with Gasteiger partial charge in [0.1, 0.15) is 5.82 Å². The highest BCUT2D eigenvalue weighted by Crippen LogP contribution is 2.27. The number of rotatable bonds is 5. The van der Waals surface area contributed by atoms with Gasteiger partial charge in [0.05, 0.1) is 5.52 Å². The lowest BCUT2D eigenvalue weighted by Crippen LogP contribution is -2.42. The molecule has 1 aromatic heterocycles. The van der Waals surface area contributed by atoms with E-state index in [1.54, 1.807) is 0 Å². The van der Waals surface area contributed by atoms with Gasteiger partial charge in [-0.1, -0.05) is 28.1 Å². The Balaban J connectivity index is 1.34. The van der Waals surface area contributed by atoms with E-state index >= 15 is 0 Å². The second-order valence-corrected chi connectivity index (χ2v) is 9.90. The lowest BCUT2D eigenvalue weighted by atomic mass is 9.91. The molecule has 0 unspecified atom stereocenters. The Morgan fingerprint density at radius 2 is 1.64 bits per heavy atom. The molecule has 2 aromatic carbocycles. The number of para-hydroxylation sites is 1. The standard InChI is InChI=1S/C25H31BrN6O/c1-15-13-17(26)14-16(2)22(15)30-25(33)28-19-11-9-18(10-12-19)27-24-29-21-8-6-5-7-20(21)23(31-24)32(3)4/h5-8,13-14,18-19H,9-12H2,1-4H3,(H,27,29,31)(H2,28,30,33). The van der Waals surface area contributed by atoms with Crippen LogP contribution in [0, 0.1) is 13.8 Å². The zero-order valence-corrected chi connectivity index (χ0v) is 21.2. The summed E-state index contributed by atoms with van der Waals surface area (Å²) in [4.78, 5) is 24.1. The number of carbonyl (C=O) groups is 1. The topological polar surface area (TPSA) is 82.2 Å². The number of amides is 2. The summed E-state index contributed by atoms with van der Waals surface area (Å²) in [6.07, 6.45) is 3.73. The molecule has 33 heavy (non-hydrogen) atoms. The van der Waals surface area contributed by atoms with Crippen LogP contribution in [0.25, 0.3) is 10.9 Å². The first-order chi connectivity index (χ1) is 15.8. The molecule has 2 amide bonds. The van der Waals surface area contributed by atoms with Gasteiger partial charge in [-0.25, -0.2) is 9.78 Å². The maximum absolute atomic E-state index is 12.6. The summed E-state index contributed by atoms with van der Waals surface area (Å²) < 4.78 is 1.02. The van der Waals surface area contributed by atoms with Crippen molar-refractivity contribution < 1.29 is 4.79 Å². The molecule has 1 aliphatic carbocycles. The van der Waals surface area contributed by atoms with Crippen LogP contribution in [-0.2, 0) is 0 Å². The van der Waals surface area contributed by atoms with Crippen molar-refractivity contribution >= 4 is 50.3 Å². The van der Waals surface area contributed by atoms with Gasteiger partial charge in [-0.05, 0) is 74.9 Å². The molecule has 0 saturated heterocycles. The predicted octanol–water partition coefficient (Wildman–Crippen LogP) is 5.62. The van der Waals surface area contributed by atoms with Crippen molar-refractivity contribution in [2.75, 3.05) is 29.6 Å². The normalized spacial score (nSPS) is 18.1. The van der Waals surface area contributed by atoms with Gasteiger partial charge in [0.15, 0.2) is 0 Å². The van der Waals surface area contributed by atoms with Crippen LogP contribution in [-0.4, -0.2) is 42.2 Å². The fourth-order valence-corrected chi connectivity index (χ4v) is 5.16. The number of hydrogen-bond acceptors (Lipinski definition) is 5. The number of urea groups is 1. The highest BCUT2D eigenvalue weighted by atomic mass is 79.9. The Morgan fingerprint density at radius 1 is 1.00 bits per heavy atom. The van der Waals surface area contributed by atoms with Crippen LogP contribution in [0.2, 0.25) is 0 Å². The van der Waals surface area contributed by atoms with Gasteiger partial charge in [-0.2, -0.15) is 4.98 Å². The fourth-order valence-electron chi connectivity index (χ4n) is 4.47. The predicted molar refractivity (Wildman–Crippen MR) is 139 cm³/mol. The summed E-state index contributed by atoms with van der Waals surface area (Å²) in [6.45, 7) is 4.00. The minimum atomic E-state index is -0.145. The van der Waals surface area contributed by atoms with Crippen LogP contribution >= 0.6 is 15.9 Å². The van der Waals surface area contributed by atoms with Crippen molar-refractivity contribution in [2.45, 2.75) is 51.6 Å². The van der Waals surface area contributed by atoms with Crippen LogP contribution in [0.15, 0.2) is 40.9 Å². The highest BCUT2D eigenvalue weighted by Gasteiger charge is 2.24. The van der Waals surface area contributed by atoms with Crippen molar-refractivity contribution in [3.63, 3.8) is 0 Å². The molecule has 0 spiro atoms. The second kappa shape index (κ2) is 9.95. The molecular formula is C25H31BrN6O. The third-order valence-electron chi connectivity index (χ3n) is 6.14. The highest BCUT2D eigenvalue weighted by molar-refractivity contribution is 9.10. The largest absolute Gasteiger partial charge is 0.362 e. The van der Waals surface area contributed by atoms with Gasteiger partial charge >= 0.3 is 6.03 Å².